The molecule has 0 aliphatic carbocycles. The number of rotatable bonds is 8. The SMILES string of the molecule is CC1CCN(Cc2ccccc2CNC(=O)CCCN2C(=O)c3ccccc3C2=O)CC1. The molecule has 6 heteroatoms. The highest BCUT2D eigenvalue weighted by Crippen LogP contribution is 2.23. The number of carbonyl (C=O) groups excluding carboxylic acids is 3. The van der Waals surface area contributed by atoms with Gasteiger partial charge in [-0.15, -0.1) is 0 Å². The second kappa shape index (κ2) is 10.1. The van der Waals surface area contributed by atoms with Gasteiger partial charge in [0.05, 0.1) is 11.1 Å². The van der Waals surface area contributed by atoms with Gasteiger partial charge in [0.2, 0.25) is 5.91 Å². The van der Waals surface area contributed by atoms with E-state index >= 15 is 0 Å². The zero-order valence-corrected chi connectivity index (χ0v) is 18.7. The van der Waals surface area contributed by atoms with E-state index in [-0.39, 0.29) is 30.7 Å². The van der Waals surface area contributed by atoms with E-state index in [1.165, 1.54) is 23.3 Å². The Morgan fingerprint density at radius 1 is 0.938 bits per heavy atom. The summed E-state index contributed by atoms with van der Waals surface area (Å²) >= 11 is 0. The number of imide groups is 1. The van der Waals surface area contributed by atoms with Crippen molar-refractivity contribution in [3.05, 3.63) is 70.8 Å². The Bertz CT molecular complexity index is 960. The lowest BCUT2D eigenvalue weighted by Crippen LogP contribution is -2.33. The molecule has 3 amide bonds. The molecule has 0 radical (unpaired) electrons. The zero-order valence-electron chi connectivity index (χ0n) is 18.7. The first-order valence-corrected chi connectivity index (χ1v) is 11.5. The topological polar surface area (TPSA) is 69.7 Å². The fourth-order valence-electron chi connectivity index (χ4n) is 4.47. The molecule has 2 aromatic carbocycles. The molecule has 4 rings (SSSR count). The highest BCUT2D eigenvalue weighted by molar-refractivity contribution is 6.21. The molecule has 0 bridgehead atoms. The lowest BCUT2D eigenvalue weighted by Gasteiger charge is -2.30. The third-order valence-electron chi connectivity index (χ3n) is 6.53. The Labute approximate surface area is 189 Å². The largest absolute Gasteiger partial charge is 0.352 e. The van der Waals surface area contributed by atoms with Crippen molar-refractivity contribution in [1.82, 2.24) is 15.1 Å². The van der Waals surface area contributed by atoms with Crippen molar-refractivity contribution in [2.75, 3.05) is 19.6 Å². The van der Waals surface area contributed by atoms with Gasteiger partial charge >= 0.3 is 0 Å². The molecular weight excluding hydrogens is 402 g/mol. The number of nitrogens with zero attached hydrogens (tertiary/aromatic N) is 2. The van der Waals surface area contributed by atoms with Crippen LogP contribution in [0.25, 0.3) is 0 Å². The second-order valence-corrected chi connectivity index (χ2v) is 8.92. The minimum Gasteiger partial charge on any atom is -0.352 e. The number of benzene rings is 2. The first-order chi connectivity index (χ1) is 15.5. The Hall–Kier alpha value is -2.99. The third kappa shape index (κ3) is 5.07. The molecule has 0 saturated carbocycles. The quantitative estimate of drug-likeness (QED) is 0.646. The van der Waals surface area contributed by atoms with Crippen LogP contribution in [0, 0.1) is 5.92 Å². The van der Waals surface area contributed by atoms with Crippen molar-refractivity contribution in [3.8, 4) is 0 Å². The van der Waals surface area contributed by atoms with Crippen LogP contribution >= 0.6 is 0 Å². The smallest absolute Gasteiger partial charge is 0.261 e. The Balaban J connectivity index is 1.24. The summed E-state index contributed by atoms with van der Waals surface area (Å²) in [4.78, 5) is 41.0. The maximum absolute atomic E-state index is 12.4. The molecule has 0 unspecified atom stereocenters. The molecule has 0 aromatic heterocycles. The van der Waals surface area contributed by atoms with Gasteiger partial charge in [0, 0.05) is 26.1 Å². The van der Waals surface area contributed by atoms with Crippen molar-refractivity contribution >= 4 is 17.7 Å². The predicted molar refractivity (Wildman–Crippen MR) is 123 cm³/mol. The van der Waals surface area contributed by atoms with Gasteiger partial charge in [-0.25, -0.2) is 0 Å². The van der Waals surface area contributed by atoms with Crippen molar-refractivity contribution in [2.24, 2.45) is 5.92 Å². The van der Waals surface area contributed by atoms with E-state index in [1.807, 2.05) is 6.07 Å². The number of carbonyl (C=O) groups is 3. The highest BCUT2D eigenvalue weighted by Gasteiger charge is 2.34. The molecule has 6 nitrogen and oxygen atoms in total. The lowest BCUT2D eigenvalue weighted by atomic mass is 9.98. The molecule has 1 fully saturated rings. The van der Waals surface area contributed by atoms with Crippen molar-refractivity contribution in [2.45, 2.75) is 45.7 Å². The summed E-state index contributed by atoms with van der Waals surface area (Å²) < 4.78 is 0. The van der Waals surface area contributed by atoms with E-state index < -0.39 is 0 Å². The minimum absolute atomic E-state index is 0.0665. The Morgan fingerprint density at radius 2 is 1.53 bits per heavy atom. The fraction of sp³-hybridized carbons (Fsp3) is 0.423. The molecule has 2 aliphatic rings. The molecule has 1 N–H and O–H groups in total. The summed E-state index contributed by atoms with van der Waals surface area (Å²) in [5.74, 6) is 0.198. The predicted octanol–water partition coefficient (Wildman–Crippen LogP) is 3.61. The van der Waals surface area contributed by atoms with Gasteiger partial charge < -0.3 is 5.32 Å². The summed E-state index contributed by atoms with van der Waals surface area (Å²) in [5, 5.41) is 3.00. The van der Waals surface area contributed by atoms with E-state index in [1.54, 1.807) is 24.3 Å². The maximum Gasteiger partial charge on any atom is 0.261 e. The summed E-state index contributed by atoms with van der Waals surface area (Å²) in [6.07, 6.45) is 3.21. The van der Waals surface area contributed by atoms with Crippen LogP contribution < -0.4 is 5.32 Å². The molecule has 1 saturated heterocycles. The van der Waals surface area contributed by atoms with Gasteiger partial charge in [-0.2, -0.15) is 0 Å². The first-order valence-electron chi connectivity index (χ1n) is 11.5. The fourth-order valence-corrected chi connectivity index (χ4v) is 4.47. The normalized spacial score (nSPS) is 17.0. The lowest BCUT2D eigenvalue weighted by molar-refractivity contribution is -0.121. The van der Waals surface area contributed by atoms with Crippen molar-refractivity contribution in [3.63, 3.8) is 0 Å². The van der Waals surface area contributed by atoms with Crippen LogP contribution in [-0.2, 0) is 17.9 Å². The number of fused-ring (bicyclic) bond motifs is 1. The van der Waals surface area contributed by atoms with E-state index in [0.717, 1.165) is 31.1 Å². The Morgan fingerprint density at radius 3 is 2.19 bits per heavy atom. The number of piperidine rings is 1. The number of likely N-dealkylation sites (tertiary alicyclic amines) is 1. The molecule has 2 heterocycles. The maximum atomic E-state index is 12.4. The average molecular weight is 434 g/mol. The van der Waals surface area contributed by atoms with Crippen LogP contribution in [0.3, 0.4) is 0 Å². The van der Waals surface area contributed by atoms with E-state index in [4.69, 9.17) is 0 Å². The van der Waals surface area contributed by atoms with Gasteiger partial charge in [0.25, 0.3) is 11.8 Å². The van der Waals surface area contributed by atoms with E-state index in [9.17, 15) is 14.4 Å². The van der Waals surface area contributed by atoms with Gasteiger partial charge in [-0.05, 0) is 61.5 Å². The van der Waals surface area contributed by atoms with Gasteiger partial charge in [-0.1, -0.05) is 43.3 Å². The van der Waals surface area contributed by atoms with Gasteiger partial charge in [0.1, 0.15) is 0 Å². The highest BCUT2D eigenvalue weighted by atomic mass is 16.2. The molecule has 168 valence electrons. The van der Waals surface area contributed by atoms with Crippen LogP contribution in [0.5, 0.6) is 0 Å². The number of hydrogen-bond donors (Lipinski definition) is 1. The molecular formula is C26H31N3O3. The number of hydrogen-bond acceptors (Lipinski definition) is 4. The summed E-state index contributed by atoms with van der Waals surface area (Å²) in [6.45, 7) is 6.23. The van der Waals surface area contributed by atoms with E-state index in [0.29, 0.717) is 24.1 Å². The van der Waals surface area contributed by atoms with Crippen LogP contribution in [0.1, 0.15) is 64.4 Å². The van der Waals surface area contributed by atoms with Crippen LogP contribution in [0.2, 0.25) is 0 Å². The van der Waals surface area contributed by atoms with Gasteiger partial charge in [0.15, 0.2) is 0 Å². The van der Waals surface area contributed by atoms with Crippen LogP contribution in [0.15, 0.2) is 48.5 Å². The summed E-state index contributed by atoms with van der Waals surface area (Å²) in [6, 6.07) is 15.1. The first kappa shape index (κ1) is 22.2. The molecule has 0 atom stereocenters. The summed E-state index contributed by atoms with van der Waals surface area (Å²) in [7, 11) is 0. The van der Waals surface area contributed by atoms with Crippen LogP contribution in [0.4, 0.5) is 0 Å². The average Bonchev–Trinajstić information content (AvgIpc) is 3.05. The van der Waals surface area contributed by atoms with Crippen molar-refractivity contribution < 1.29 is 14.4 Å². The molecule has 2 aliphatic heterocycles. The summed E-state index contributed by atoms with van der Waals surface area (Å²) in [5.41, 5.74) is 3.29. The molecule has 2 aromatic rings. The Kier molecular flexibility index (Phi) is 7.00. The van der Waals surface area contributed by atoms with E-state index in [2.05, 4.69) is 35.3 Å². The minimum atomic E-state index is -0.271. The number of nitrogens with one attached hydrogen (secondary N) is 1. The van der Waals surface area contributed by atoms with Crippen molar-refractivity contribution in [1.29, 1.82) is 0 Å². The van der Waals surface area contributed by atoms with Gasteiger partial charge in [-0.3, -0.25) is 24.2 Å². The monoisotopic (exact) mass is 433 g/mol. The number of amides is 3. The molecule has 32 heavy (non-hydrogen) atoms. The third-order valence-corrected chi connectivity index (χ3v) is 6.53. The van der Waals surface area contributed by atoms with Crippen LogP contribution in [-0.4, -0.2) is 47.2 Å². The molecule has 0 spiro atoms. The second-order valence-electron chi connectivity index (χ2n) is 8.92. The zero-order chi connectivity index (χ0) is 22.5. The standard InChI is InChI=1S/C26H31N3O3/c1-19-12-15-28(16-13-19)18-21-8-3-2-7-20(21)17-27-24(30)11-6-14-29-25(31)22-9-4-5-10-23(22)26(29)32/h2-5,7-10,19H,6,11-18H2,1H3,(H,27,30).